The Bertz CT molecular complexity index is 751. The minimum atomic E-state index is -0.110. The van der Waals surface area contributed by atoms with Crippen molar-refractivity contribution in [3.63, 3.8) is 0 Å². The molecule has 1 fully saturated rings. The molecule has 132 valence electrons. The lowest BCUT2D eigenvalue weighted by molar-refractivity contribution is -0.910. The van der Waals surface area contributed by atoms with Crippen LogP contribution in [0.2, 0.25) is 0 Å². The van der Waals surface area contributed by atoms with Crippen molar-refractivity contribution in [2.45, 2.75) is 25.8 Å². The second-order valence-corrected chi connectivity index (χ2v) is 6.63. The van der Waals surface area contributed by atoms with Gasteiger partial charge in [0.15, 0.2) is 6.54 Å². The maximum atomic E-state index is 12.4. The predicted octanol–water partition coefficient (Wildman–Crippen LogP) is 1.34. The Labute approximate surface area is 147 Å². The van der Waals surface area contributed by atoms with Gasteiger partial charge in [0.05, 0.1) is 12.2 Å². The fourth-order valence-electron chi connectivity index (χ4n) is 3.57. The Morgan fingerprint density at radius 3 is 2.44 bits per heavy atom. The van der Waals surface area contributed by atoms with Gasteiger partial charge in [-0.1, -0.05) is 0 Å². The molecular formula is C19H25N4O2+. The van der Waals surface area contributed by atoms with Gasteiger partial charge in [0.2, 0.25) is 5.91 Å². The number of likely N-dealkylation sites (tertiary alicyclic amines) is 1. The number of carbonyl (C=O) groups excluding carboxylic acids is 2. The van der Waals surface area contributed by atoms with Crippen molar-refractivity contribution in [1.82, 2.24) is 4.57 Å². The summed E-state index contributed by atoms with van der Waals surface area (Å²) in [6.45, 7) is 2.95. The first-order valence-corrected chi connectivity index (χ1v) is 8.66. The van der Waals surface area contributed by atoms with E-state index in [2.05, 4.69) is 40.6 Å². The number of nitrogens with one attached hydrogen (secondary N) is 3. The Hall–Kier alpha value is -2.60. The van der Waals surface area contributed by atoms with Gasteiger partial charge in [-0.3, -0.25) is 9.59 Å². The normalized spacial score (nSPS) is 19.6. The topological polar surface area (TPSA) is 67.6 Å². The molecule has 2 amide bonds. The highest BCUT2D eigenvalue weighted by atomic mass is 16.2. The number of nitrogens with zero attached hydrogens (tertiary/aromatic N) is 1. The number of rotatable bonds is 5. The number of amides is 2. The van der Waals surface area contributed by atoms with Crippen LogP contribution in [-0.4, -0.2) is 29.5 Å². The fourth-order valence-corrected chi connectivity index (χ4v) is 3.57. The molecule has 1 unspecified atom stereocenters. The van der Waals surface area contributed by atoms with Gasteiger partial charge in [0.1, 0.15) is 6.04 Å². The van der Waals surface area contributed by atoms with Crippen LogP contribution >= 0.6 is 0 Å². The van der Waals surface area contributed by atoms with Gasteiger partial charge in [0, 0.05) is 44.4 Å². The Morgan fingerprint density at radius 2 is 1.84 bits per heavy atom. The van der Waals surface area contributed by atoms with Crippen LogP contribution in [0.25, 0.3) is 0 Å². The first-order chi connectivity index (χ1) is 12.0. The maximum Gasteiger partial charge on any atom is 0.279 e. The van der Waals surface area contributed by atoms with Crippen molar-refractivity contribution >= 4 is 23.2 Å². The number of aryl methyl sites for hydroxylation is 1. The standard InChI is InChI=1S/C19H24N4O2/c1-14(24)20-15-7-9-16(10-8-15)21-19(25)13-23-12-4-6-18(23)17-5-3-11-22(17)2/h3,5,7-11,18H,4,6,12-13H2,1-2H3,(H,20,24)(H,21,25)/p+1/t18-/m1/s1. The van der Waals surface area contributed by atoms with Gasteiger partial charge in [-0.25, -0.2) is 0 Å². The molecule has 25 heavy (non-hydrogen) atoms. The third-order valence-electron chi connectivity index (χ3n) is 4.70. The van der Waals surface area contributed by atoms with E-state index in [0.717, 1.165) is 30.8 Å². The Balaban J connectivity index is 1.58. The van der Waals surface area contributed by atoms with E-state index in [1.807, 2.05) is 0 Å². The molecule has 3 N–H and O–H groups in total. The zero-order valence-electron chi connectivity index (χ0n) is 14.7. The molecule has 2 heterocycles. The highest BCUT2D eigenvalue weighted by Crippen LogP contribution is 2.19. The number of benzene rings is 1. The predicted molar refractivity (Wildman–Crippen MR) is 97.5 cm³/mol. The monoisotopic (exact) mass is 341 g/mol. The molecule has 6 heteroatoms. The molecule has 1 saturated heterocycles. The lowest BCUT2D eigenvalue weighted by atomic mass is 10.1. The SMILES string of the molecule is CC(=O)Nc1ccc(NC(=O)C[NH+]2CCC[C@@H]2c2cccn2C)cc1. The van der Waals surface area contributed by atoms with Crippen LogP contribution in [0.4, 0.5) is 11.4 Å². The lowest BCUT2D eigenvalue weighted by Gasteiger charge is -2.21. The highest BCUT2D eigenvalue weighted by Gasteiger charge is 2.32. The molecule has 2 aromatic rings. The minimum absolute atomic E-state index is 0.0170. The number of anilines is 2. The molecule has 0 radical (unpaired) electrons. The first kappa shape index (κ1) is 17.2. The summed E-state index contributed by atoms with van der Waals surface area (Å²) in [6.07, 6.45) is 4.32. The molecule has 1 aliphatic heterocycles. The summed E-state index contributed by atoms with van der Waals surface area (Å²) < 4.78 is 2.15. The van der Waals surface area contributed by atoms with Gasteiger partial charge in [-0.15, -0.1) is 0 Å². The number of quaternary nitrogens is 1. The van der Waals surface area contributed by atoms with Crippen LogP contribution in [0.3, 0.4) is 0 Å². The van der Waals surface area contributed by atoms with Gasteiger partial charge in [-0.2, -0.15) is 0 Å². The lowest BCUT2D eigenvalue weighted by Crippen LogP contribution is -3.11. The average Bonchev–Trinajstić information content (AvgIpc) is 3.17. The molecule has 3 rings (SSSR count). The number of carbonyl (C=O) groups is 2. The second kappa shape index (κ2) is 7.53. The van der Waals surface area contributed by atoms with Gasteiger partial charge >= 0.3 is 0 Å². The van der Waals surface area contributed by atoms with E-state index in [4.69, 9.17) is 0 Å². The second-order valence-electron chi connectivity index (χ2n) is 6.63. The van der Waals surface area contributed by atoms with E-state index in [0.29, 0.717) is 12.6 Å². The first-order valence-electron chi connectivity index (χ1n) is 8.66. The number of hydrogen-bond acceptors (Lipinski definition) is 2. The molecular weight excluding hydrogens is 316 g/mol. The third kappa shape index (κ3) is 4.28. The Morgan fingerprint density at radius 1 is 1.16 bits per heavy atom. The molecule has 1 aliphatic rings. The average molecular weight is 341 g/mol. The third-order valence-corrected chi connectivity index (χ3v) is 4.70. The quantitative estimate of drug-likeness (QED) is 0.768. The zero-order chi connectivity index (χ0) is 17.8. The number of aromatic nitrogens is 1. The van der Waals surface area contributed by atoms with Crippen molar-refractivity contribution in [1.29, 1.82) is 0 Å². The molecule has 2 atom stereocenters. The minimum Gasteiger partial charge on any atom is -0.350 e. The van der Waals surface area contributed by atoms with Crippen LogP contribution < -0.4 is 15.5 Å². The largest absolute Gasteiger partial charge is 0.350 e. The van der Waals surface area contributed by atoms with Crippen molar-refractivity contribution in [3.8, 4) is 0 Å². The van der Waals surface area contributed by atoms with E-state index < -0.39 is 0 Å². The Kier molecular flexibility index (Phi) is 5.19. The van der Waals surface area contributed by atoms with E-state index in [1.54, 1.807) is 24.3 Å². The molecule has 0 bridgehead atoms. The molecule has 1 aromatic heterocycles. The summed E-state index contributed by atoms with van der Waals surface area (Å²) in [5, 5.41) is 5.66. The van der Waals surface area contributed by atoms with E-state index in [-0.39, 0.29) is 11.8 Å². The van der Waals surface area contributed by atoms with E-state index >= 15 is 0 Å². The zero-order valence-corrected chi connectivity index (χ0v) is 14.7. The molecule has 0 saturated carbocycles. The summed E-state index contributed by atoms with van der Waals surface area (Å²) in [7, 11) is 2.06. The maximum absolute atomic E-state index is 12.4. The summed E-state index contributed by atoms with van der Waals surface area (Å²) >= 11 is 0. The number of hydrogen-bond donors (Lipinski definition) is 3. The molecule has 0 spiro atoms. The molecule has 6 nitrogen and oxygen atoms in total. The van der Waals surface area contributed by atoms with E-state index in [1.165, 1.54) is 17.5 Å². The molecule has 0 aliphatic carbocycles. The van der Waals surface area contributed by atoms with Crippen LogP contribution in [0, 0.1) is 0 Å². The van der Waals surface area contributed by atoms with Crippen molar-refractivity contribution in [3.05, 3.63) is 48.3 Å². The van der Waals surface area contributed by atoms with Crippen LogP contribution in [0.5, 0.6) is 0 Å². The van der Waals surface area contributed by atoms with Gasteiger partial charge in [0.25, 0.3) is 5.91 Å². The molecule has 1 aromatic carbocycles. The van der Waals surface area contributed by atoms with Crippen molar-refractivity contribution in [2.75, 3.05) is 23.7 Å². The summed E-state index contributed by atoms with van der Waals surface area (Å²) in [4.78, 5) is 24.8. The van der Waals surface area contributed by atoms with Gasteiger partial charge in [-0.05, 0) is 36.4 Å². The summed E-state index contributed by atoms with van der Waals surface area (Å²) in [6, 6.07) is 11.8. The van der Waals surface area contributed by atoms with Crippen LogP contribution in [0.1, 0.15) is 31.5 Å². The van der Waals surface area contributed by atoms with Crippen LogP contribution in [0.15, 0.2) is 42.6 Å². The van der Waals surface area contributed by atoms with Crippen LogP contribution in [-0.2, 0) is 16.6 Å². The summed E-state index contributed by atoms with van der Waals surface area (Å²) in [5.41, 5.74) is 2.76. The van der Waals surface area contributed by atoms with Crippen molar-refractivity contribution in [2.24, 2.45) is 7.05 Å². The smallest absolute Gasteiger partial charge is 0.279 e. The summed E-state index contributed by atoms with van der Waals surface area (Å²) in [5.74, 6) is -0.0930. The van der Waals surface area contributed by atoms with E-state index in [9.17, 15) is 9.59 Å². The van der Waals surface area contributed by atoms with Crippen molar-refractivity contribution < 1.29 is 14.5 Å². The van der Waals surface area contributed by atoms with Gasteiger partial charge < -0.3 is 20.1 Å². The highest BCUT2D eigenvalue weighted by molar-refractivity contribution is 5.92. The fraction of sp³-hybridized carbons (Fsp3) is 0.368.